The number of nitriles is 1. The van der Waals surface area contributed by atoms with Crippen molar-refractivity contribution in [2.75, 3.05) is 6.54 Å². The molecule has 1 aliphatic heterocycles. The monoisotopic (exact) mass is 284 g/mol. The molecule has 1 fully saturated rings. The first kappa shape index (κ1) is 14.8. The number of carbonyl (C=O) groups is 2. The van der Waals surface area contributed by atoms with E-state index in [1.54, 1.807) is 30.3 Å². The van der Waals surface area contributed by atoms with Gasteiger partial charge < -0.3 is 10.0 Å². The smallest absolute Gasteiger partial charge is 0.326 e. The highest BCUT2D eigenvalue weighted by atomic mass is 16.4. The summed E-state index contributed by atoms with van der Waals surface area (Å²) in [4.78, 5) is 24.7. The van der Waals surface area contributed by atoms with Crippen molar-refractivity contribution in [2.45, 2.75) is 25.3 Å². The summed E-state index contributed by atoms with van der Waals surface area (Å²) in [6.45, 7) is 0.480. The standard InChI is InChI=1S/C16H16N2O3/c17-11-13-6-4-12(5-7-13)8-9-15(19)18-10-2-1-3-14(18)16(20)21/h4-9,14H,1-3,10H2,(H,20,21)/b9-8+. The maximum atomic E-state index is 12.1. The third-order valence-electron chi connectivity index (χ3n) is 3.53. The van der Waals surface area contributed by atoms with E-state index in [9.17, 15) is 9.59 Å². The summed E-state index contributed by atoms with van der Waals surface area (Å²) in [6, 6.07) is 8.13. The SMILES string of the molecule is N#Cc1ccc(/C=C/C(=O)N2CCCCC2C(=O)O)cc1. The van der Waals surface area contributed by atoms with Crippen molar-refractivity contribution in [2.24, 2.45) is 0 Å². The number of benzene rings is 1. The van der Waals surface area contributed by atoms with Gasteiger partial charge >= 0.3 is 5.97 Å². The summed E-state index contributed by atoms with van der Waals surface area (Å²) in [5.41, 5.74) is 1.35. The second kappa shape index (κ2) is 6.71. The predicted octanol–water partition coefficient (Wildman–Crippen LogP) is 2.04. The van der Waals surface area contributed by atoms with Gasteiger partial charge in [0.1, 0.15) is 6.04 Å². The summed E-state index contributed by atoms with van der Waals surface area (Å²) >= 11 is 0. The predicted molar refractivity (Wildman–Crippen MR) is 77.2 cm³/mol. The number of rotatable bonds is 3. The number of aliphatic carboxylic acids is 1. The largest absolute Gasteiger partial charge is 0.480 e. The van der Waals surface area contributed by atoms with Gasteiger partial charge in [0, 0.05) is 12.6 Å². The topological polar surface area (TPSA) is 81.4 Å². The van der Waals surface area contributed by atoms with Gasteiger partial charge in [-0.3, -0.25) is 4.79 Å². The maximum absolute atomic E-state index is 12.1. The van der Waals surface area contributed by atoms with E-state index in [1.165, 1.54) is 11.0 Å². The van der Waals surface area contributed by atoms with Crippen molar-refractivity contribution in [3.8, 4) is 6.07 Å². The van der Waals surface area contributed by atoms with Crippen molar-refractivity contribution < 1.29 is 14.7 Å². The molecule has 1 saturated heterocycles. The molecule has 0 saturated carbocycles. The first-order valence-electron chi connectivity index (χ1n) is 6.83. The molecule has 5 heteroatoms. The fourth-order valence-electron chi connectivity index (χ4n) is 2.38. The number of hydrogen-bond donors (Lipinski definition) is 1. The summed E-state index contributed by atoms with van der Waals surface area (Å²) in [7, 11) is 0. The Balaban J connectivity index is 2.06. The molecule has 0 bridgehead atoms. The van der Waals surface area contributed by atoms with Crippen LogP contribution in [-0.2, 0) is 9.59 Å². The molecule has 1 N–H and O–H groups in total. The average Bonchev–Trinajstić information content (AvgIpc) is 2.53. The van der Waals surface area contributed by atoms with Gasteiger partial charge in [-0.15, -0.1) is 0 Å². The molecule has 1 amide bonds. The van der Waals surface area contributed by atoms with E-state index in [0.717, 1.165) is 18.4 Å². The first-order chi connectivity index (χ1) is 10.1. The molecular formula is C16H16N2O3. The highest BCUT2D eigenvalue weighted by Crippen LogP contribution is 2.18. The van der Waals surface area contributed by atoms with Crippen LogP contribution in [0.1, 0.15) is 30.4 Å². The van der Waals surface area contributed by atoms with Crippen LogP contribution in [0.5, 0.6) is 0 Å². The molecule has 108 valence electrons. The van der Waals surface area contributed by atoms with Crippen LogP contribution in [0.2, 0.25) is 0 Å². The second-order valence-corrected chi connectivity index (χ2v) is 4.95. The number of likely N-dealkylation sites (tertiary alicyclic amines) is 1. The quantitative estimate of drug-likeness (QED) is 0.861. The third-order valence-corrected chi connectivity index (χ3v) is 3.53. The van der Waals surface area contributed by atoms with Crippen molar-refractivity contribution in [3.63, 3.8) is 0 Å². The van der Waals surface area contributed by atoms with Crippen molar-refractivity contribution in [1.82, 2.24) is 4.90 Å². The van der Waals surface area contributed by atoms with Gasteiger partial charge in [-0.05, 0) is 43.0 Å². The lowest BCUT2D eigenvalue weighted by Crippen LogP contribution is -2.47. The van der Waals surface area contributed by atoms with Crippen LogP contribution in [0, 0.1) is 11.3 Å². The van der Waals surface area contributed by atoms with Crippen LogP contribution in [0.4, 0.5) is 0 Å². The third kappa shape index (κ3) is 3.69. The molecule has 0 aromatic heterocycles. The minimum atomic E-state index is -0.949. The average molecular weight is 284 g/mol. The summed E-state index contributed by atoms with van der Waals surface area (Å²) in [5.74, 6) is -1.23. The molecule has 5 nitrogen and oxygen atoms in total. The Hall–Kier alpha value is -2.61. The van der Waals surface area contributed by atoms with Crippen molar-refractivity contribution >= 4 is 18.0 Å². The van der Waals surface area contributed by atoms with E-state index in [0.29, 0.717) is 18.5 Å². The van der Waals surface area contributed by atoms with Gasteiger partial charge in [-0.25, -0.2) is 4.79 Å². The Kier molecular flexibility index (Phi) is 4.72. The molecule has 1 atom stereocenters. The number of carboxylic acid groups (broad SMARTS) is 1. The molecule has 1 aromatic rings. The molecule has 1 unspecified atom stereocenters. The zero-order chi connectivity index (χ0) is 15.2. The van der Waals surface area contributed by atoms with E-state index in [4.69, 9.17) is 10.4 Å². The van der Waals surface area contributed by atoms with E-state index in [2.05, 4.69) is 0 Å². The van der Waals surface area contributed by atoms with Crippen LogP contribution in [0.3, 0.4) is 0 Å². The van der Waals surface area contributed by atoms with Crippen LogP contribution in [-0.4, -0.2) is 34.5 Å². The summed E-state index contributed by atoms with van der Waals surface area (Å²) < 4.78 is 0. The number of nitrogens with zero attached hydrogens (tertiary/aromatic N) is 2. The molecular weight excluding hydrogens is 268 g/mol. The van der Waals surface area contributed by atoms with E-state index in [-0.39, 0.29) is 5.91 Å². The normalized spacial score (nSPS) is 18.4. The maximum Gasteiger partial charge on any atom is 0.326 e. The van der Waals surface area contributed by atoms with Crippen molar-refractivity contribution in [1.29, 1.82) is 5.26 Å². The van der Waals surface area contributed by atoms with Gasteiger partial charge in [-0.1, -0.05) is 12.1 Å². The Morgan fingerprint density at radius 2 is 2.00 bits per heavy atom. The fourth-order valence-corrected chi connectivity index (χ4v) is 2.38. The number of hydrogen-bond acceptors (Lipinski definition) is 3. The van der Waals surface area contributed by atoms with Crippen LogP contribution in [0.25, 0.3) is 6.08 Å². The van der Waals surface area contributed by atoms with E-state index >= 15 is 0 Å². The molecule has 1 aliphatic rings. The van der Waals surface area contributed by atoms with Crippen molar-refractivity contribution in [3.05, 3.63) is 41.5 Å². The fraction of sp³-hybridized carbons (Fsp3) is 0.312. The lowest BCUT2D eigenvalue weighted by atomic mass is 10.0. The van der Waals surface area contributed by atoms with Gasteiger partial charge in [0.15, 0.2) is 0 Å². The molecule has 0 aliphatic carbocycles. The minimum Gasteiger partial charge on any atom is -0.480 e. The number of carbonyl (C=O) groups excluding carboxylic acids is 1. The molecule has 21 heavy (non-hydrogen) atoms. The molecule has 0 spiro atoms. The van der Waals surface area contributed by atoms with E-state index in [1.807, 2.05) is 6.07 Å². The Morgan fingerprint density at radius 1 is 1.29 bits per heavy atom. The molecule has 1 heterocycles. The first-order valence-corrected chi connectivity index (χ1v) is 6.83. The minimum absolute atomic E-state index is 0.286. The van der Waals surface area contributed by atoms with Crippen LogP contribution >= 0.6 is 0 Å². The molecule has 0 radical (unpaired) electrons. The second-order valence-electron chi connectivity index (χ2n) is 4.95. The highest BCUT2D eigenvalue weighted by Gasteiger charge is 2.30. The number of amides is 1. The van der Waals surface area contributed by atoms with E-state index < -0.39 is 12.0 Å². The molecule has 1 aromatic carbocycles. The zero-order valence-electron chi connectivity index (χ0n) is 11.5. The number of carboxylic acids is 1. The highest BCUT2D eigenvalue weighted by molar-refractivity contribution is 5.94. The summed E-state index contributed by atoms with van der Waals surface area (Å²) in [5, 5.41) is 17.9. The van der Waals surface area contributed by atoms with Crippen LogP contribution < -0.4 is 0 Å². The van der Waals surface area contributed by atoms with Gasteiger partial charge in [0.05, 0.1) is 11.6 Å². The summed E-state index contributed by atoms with van der Waals surface area (Å²) in [6.07, 6.45) is 5.20. The Bertz CT molecular complexity index is 599. The Morgan fingerprint density at radius 3 is 2.62 bits per heavy atom. The van der Waals surface area contributed by atoms with Gasteiger partial charge in [0.2, 0.25) is 5.91 Å². The zero-order valence-corrected chi connectivity index (χ0v) is 11.5. The van der Waals surface area contributed by atoms with Gasteiger partial charge in [0.25, 0.3) is 0 Å². The number of piperidine rings is 1. The Labute approximate surface area is 123 Å². The van der Waals surface area contributed by atoms with Gasteiger partial charge in [-0.2, -0.15) is 5.26 Å². The van der Waals surface area contributed by atoms with Crippen LogP contribution in [0.15, 0.2) is 30.3 Å². The lowest BCUT2D eigenvalue weighted by Gasteiger charge is -2.32. The lowest BCUT2D eigenvalue weighted by molar-refractivity contribution is -0.150. The molecule has 2 rings (SSSR count).